The molecule has 0 spiro atoms. The maximum absolute atomic E-state index is 9.51. The molecule has 0 aromatic heterocycles. The van der Waals surface area contributed by atoms with Gasteiger partial charge in [0.2, 0.25) is 0 Å². The molecule has 0 fully saturated rings. The highest BCUT2D eigenvalue weighted by molar-refractivity contribution is 6.36. The van der Waals surface area contributed by atoms with E-state index in [1.807, 2.05) is 30.3 Å². The number of hydrogen-bond donors (Lipinski definition) is 1. The first-order valence-electron chi connectivity index (χ1n) is 4.88. The van der Waals surface area contributed by atoms with E-state index in [-0.39, 0.29) is 5.75 Å². The summed E-state index contributed by atoms with van der Waals surface area (Å²) in [5, 5.41) is 10.4. The van der Waals surface area contributed by atoms with E-state index in [2.05, 4.69) is 0 Å². The molecule has 82 valence electrons. The number of benzene rings is 2. The second kappa shape index (κ2) is 4.77. The normalized spacial score (nSPS) is 10.4. The molecule has 0 bridgehead atoms. The molecule has 0 aliphatic carbocycles. The Labute approximate surface area is 104 Å². The zero-order valence-electron chi connectivity index (χ0n) is 8.45. The zero-order chi connectivity index (χ0) is 11.5. The molecule has 2 rings (SSSR count). The minimum absolute atomic E-state index is 0.0667. The van der Waals surface area contributed by atoms with E-state index in [4.69, 9.17) is 23.2 Å². The fourth-order valence-electron chi connectivity index (χ4n) is 1.55. The van der Waals surface area contributed by atoms with Gasteiger partial charge in [-0.25, -0.2) is 0 Å². The van der Waals surface area contributed by atoms with Gasteiger partial charge in [0.1, 0.15) is 5.75 Å². The van der Waals surface area contributed by atoms with Crippen LogP contribution in [0.25, 0.3) is 0 Å². The van der Waals surface area contributed by atoms with Crippen LogP contribution in [-0.4, -0.2) is 5.11 Å². The molecule has 0 amide bonds. The third kappa shape index (κ3) is 2.31. The topological polar surface area (TPSA) is 20.2 Å². The summed E-state index contributed by atoms with van der Waals surface area (Å²) < 4.78 is 0. The molecule has 0 saturated heterocycles. The summed E-state index contributed by atoms with van der Waals surface area (Å²) in [7, 11) is 0. The SMILES string of the molecule is Oc1ccc(Cl)c(Cc2ccccc2)c1Cl. The van der Waals surface area contributed by atoms with Crippen LogP contribution in [0.4, 0.5) is 0 Å². The predicted molar refractivity (Wildman–Crippen MR) is 67.4 cm³/mol. The van der Waals surface area contributed by atoms with Gasteiger partial charge in [0.05, 0.1) is 5.02 Å². The standard InChI is InChI=1S/C13H10Cl2O/c14-11-6-7-12(16)13(15)10(11)8-9-4-2-1-3-5-9/h1-7,16H,8H2. The second-order valence-corrected chi connectivity index (χ2v) is 4.31. The van der Waals surface area contributed by atoms with Gasteiger partial charge < -0.3 is 5.11 Å². The third-order valence-electron chi connectivity index (χ3n) is 2.39. The molecular formula is C13H10Cl2O. The lowest BCUT2D eigenvalue weighted by Gasteiger charge is -2.08. The molecule has 1 nitrogen and oxygen atoms in total. The Kier molecular flexibility index (Phi) is 3.37. The van der Waals surface area contributed by atoms with Crippen molar-refractivity contribution < 1.29 is 5.11 Å². The number of phenolic OH excluding ortho intramolecular Hbond substituents is 1. The van der Waals surface area contributed by atoms with Crippen molar-refractivity contribution in [3.05, 3.63) is 63.6 Å². The highest BCUT2D eigenvalue weighted by Crippen LogP contribution is 2.33. The van der Waals surface area contributed by atoms with Crippen molar-refractivity contribution in [2.75, 3.05) is 0 Å². The summed E-state index contributed by atoms with van der Waals surface area (Å²) in [4.78, 5) is 0. The molecule has 0 aliphatic heterocycles. The van der Waals surface area contributed by atoms with Gasteiger partial charge in [0.15, 0.2) is 0 Å². The fourth-order valence-corrected chi connectivity index (χ4v) is 2.05. The quantitative estimate of drug-likeness (QED) is 0.846. The molecule has 0 saturated carbocycles. The van der Waals surface area contributed by atoms with Gasteiger partial charge in [-0.3, -0.25) is 0 Å². The molecular weight excluding hydrogens is 243 g/mol. The molecule has 1 N–H and O–H groups in total. The van der Waals surface area contributed by atoms with Crippen LogP contribution in [0.1, 0.15) is 11.1 Å². The van der Waals surface area contributed by atoms with E-state index in [0.29, 0.717) is 16.5 Å². The summed E-state index contributed by atoms with van der Waals surface area (Å²) in [5.74, 6) is 0.0667. The van der Waals surface area contributed by atoms with Crippen LogP contribution in [0.3, 0.4) is 0 Å². The van der Waals surface area contributed by atoms with E-state index < -0.39 is 0 Å². The first-order chi connectivity index (χ1) is 7.68. The monoisotopic (exact) mass is 252 g/mol. The molecule has 0 unspecified atom stereocenters. The number of phenols is 1. The highest BCUT2D eigenvalue weighted by atomic mass is 35.5. The Morgan fingerprint density at radius 2 is 1.62 bits per heavy atom. The third-order valence-corrected chi connectivity index (χ3v) is 3.17. The summed E-state index contributed by atoms with van der Waals surface area (Å²) in [6.07, 6.45) is 0.618. The van der Waals surface area contributed by atoms with Crippen molar-refractivity contribution in [1.29, 1.82) is 0 Å². The number of halogens is 2. The van der Waals surface area contributed by atoms with Crippen molar-refractivity contribution in [2.45, 2.75) is 6.42 Å². The molecule has 3 heteroatoms. The van der Waals surface area contributed by atoms with Gasteiger partial charge in [-0.2, -0.15) is 0 Å². The van der Waals surface area contributed by atoms with Crippen LogP contribution in [-0.2, 0) is 6.42 Å². The van der Waals surface area contributed by atoms with Crippen molar-refractivity contribution in [3.8, 4) is 5.75 Å². The lowest BCUT2D eigenvalue weighted by Crippen LogP contribution is -1.90. The van der Waals surface area contributed by atoms with E-state index in [9.17, 15) is 5.11 Å². The summed E-state index contributed by atoms with van der Waals surface area (Å²) in [6, 6.07) is 13.0. The lowest BCUT2D eigenvalue weighted by atomic mass is 10.0. The first-order valence-corrected chi connectivity index (χ1v) is 5.64. The minimum Gasteiger partial charge on any atom is -0.506 e. The zero-order valence-corrected chi connectivity index (χ0v) is 9.96. The van der Waals surface area contributed by atoms with E-state index >= 15 is 0 Å². The molecule has 0 atom stereocenters. The van der Waals surface area contributed by atoms with Gasteiger partial charge in [0.25, 0.3) is 0 Å². The Bertz CT molecular complexity index is 495. The lowest BCUT2D eigenvalue weighted by molar-refractivity contribution is 0.475. The van der Waals surface area contributed by atoms with E-state index in [1.165, 1.54) is 6.07 Å². The number of hydrogen-bond acceptors (Lipinski definition) is 1. The molecule has 0 radical (unpaired) electrons. The first kappa shape index (κ1) is 11.3. The van der Waals surface area contributed by atoms with Gasteiger partial charge in [-0.1, -0.05) is 53.5 Å². The second-order valence-electron chi connectivity index (χ2n) is 3.52. The minimum atomic E-state index is 0.0667. The average molecular weight is 253 g/mol. The van der Waals surface area contributed by atoms with Crippen molar-refractivity contribution in [2.24, 2.45) is 0 Å². The van der Waals surface area contributed by atoms with Crippen LogP contribution >= 0.6 is 23.2 Å². The van der Waals surface area contributed by atoms with Gasteiger partial charge in [-0.15, -0.1) is 0 Å². The van der Waals surface area contributed by atoms with Crippen LogP contribution in [0.5, 0.6) is 5.75 Å². The predicted octanol–water partition coefficient (Wildman–Crippen LogP) is 4.29. The fraction of sp³-hybridized carbons (Fsp3) is 0.0769. The molecule has 0 heterocycles. The van der Waals surface area contributed by atoms with Gasteiger partial charge in [-0.05, 0) is 23.3 Å². The van der Waals surface area contributed by atoms with Crippen molar-refractivity contribution in [3.63, 3.8) is 0 Å². The van der Waals surface area contributed by atoms with Crippen molar-refractivity contribution in [1.82, 2.24) is 0 Å². The molecule has 16 heavy (non-hydrogen) atoms. The molecule has 0 aliphatic rings. The molecule has 2 aromatic carbocycles. The summed E-state index contributed by atoms with van der Waals surface area (Å²) in [5.41, 5.74) is 1.87. The van der Waals surface area contributed by atoms with Gasteiger partial charge >= 0.3 is 0 Å². The smallest absolute Gasteiger partial charge is 0.134 e. The largest absolute Gasteiger partial charge is 0.506 e. The Balaban J connectivity index is 2.38. The number of rotatable bonds is 2. The highest BCUT2D eigenvalue weighted by Gasteiger charge is 2.10. The molecule has 2 aromatic rings. The maximum Gasteiger partial charge on any atom is 0.134 e. The van der Waals surface area contributed by atoms with Crippen LogP contribution < -0.4 is 0 Å². The van der Waals surface area contributed by atoms with Crippen LogP contribution in [0.2, 0.25) is 10.0 Å². The summed E-state index contributed by atoms with van der Waals surface area (Å²) >= 11 is 12.1. The van der Waals surface area contributed by atoms with E-state index in [0.717, 1.165) is 11.1 Å². The number of aromatic hydroxyl groups is 1. The van der Waals surface area contributed by atoms with Crippen LogP contribution in [0, 0.1) is 0 Å². The Morgan fingerprint density at radius 1 is 0.938 bits per heavy atom. The van der Waals surface area contributed by atoms with Crippen LogP contribution in [0.15, 0.2) is 42.5 Å². The Morgan fingerprint density at radius 3 is 2.31 bits per heavy atom. The van der Waals surface area contributed by atoms with Gasteiger partial charge in [0, 0.05) is 11.4 Å². The maximum atomic E-state index is 9.51. The summed E-state index contributed by atoms with van der Waals surface area (Å²) in [6.45, 7) is 0. The van der Waals surface area contributed by atoms with Crippen molar-refractivity contribution >= 4 is 23.2 Å². The van der Waals surface area contributed by atoms with E-state index in [1.54, 1.807) is 6.07 Å². The average Bonchev–Trinajstić information content (AvgIpc) is 2.31. The Hall–Kier alpha value is -1.18.